The van der Waals surface area contributed by atoms with Gasteiger partial charge in [-0.15, -0.1) is 0 Å². The van der Waals surface area contributed by atoms with Crippen LogP contribution in [0.15, 0.2) is 12.2 Å². The van der Waals surface area contributed by atoms with E-state index in [-0.39, 0.29) is 54.4 Å². The van der Waals surface area contributed by atoms with E-state index in [0.717, 1.165) is 32.4 Å². The van der Waals surface area contributed by atoms with Crippen molar-refractivity contribution in [2.24, 2.45) is 23.7 Å². The molecular weight excluding hydrogens is 280 g/mol. The normalized spacial score (nSPS) is 36.4. The third-order valence-corrected chi connectivity index (χ3v) is 5.82. The van der Waals surface area contributed by atoms with Gasteiger partial charge in [-0.25, -0.2) is 0 Å². The van der Waals surface area contributed by atoms with Crippen LogP contribution in [0.2, 0.25) is 0 Å². The maximum atomic E-state index is 12.5. The lowest BCUT2D eigenvalue weighted by Gasteiger charge is -2.27. The second kappa shape index (κ2) is 5.21. The van der Waals surface area contributed by atoms with Gasteiger partial charge in [0.2, 0.25) is 17.7 Å². The van der Waals surface area contributed by atoms with E-state index in [2.05, 4.69) is 12.2 Å². The zero-order valence-electron chi connectivity index (χ0n) is 12.7. The van der Waals surface area contributed by atoms with E-state index in [4.69, 9.17) is 0 Å². The highest BCUT2D eigenvalue weighted by Gasteiger charge is 2.59. The second-order valence-electron chi connectivity index (χ2n) is 7.02. The van der Waals surface area contributed by atoms with Gasteiger partial charge >= 0.3 is 0 Å². The molecule has 2 aliphatic carbocycles. The van der Waals surface area contributed by atoms with Crippen molar-refractivity contribution in [2.45, 2.75) is 32.1 Å². The van der Waals surface area contributed by atoms with Crippen molar-refractivity contribution >= 4 is 17.7 Å². The molecule has 0 spiro atoms. The molecule has 118 valence electrons. The number of fused-ring (bicyclic) bond motifs is 5. The number of piperidine rings is 1. The van der Waals surface area contributed by atoms with Gasteiger partial charge in [0.05, 0.1) is 11.8 Å². The molecule has 1 saturated carbocycles. The van der Waals surface area contributed by atoms with Crippen LogP contribution in [0.1, 0.15) is 32.1 Å². The molecule has 0 aromatic heterocycles. The first-order valence-electron chi connectivity index (χ1n) is 8.48. The lowest BCUT2D eigenvalue weighted by molar-refractivity contribution is -0.141. The zero-order chi connectivity index (χ0) is 15.3. The van der Waals surface area contributed by atoms with Crippen molar-refractivity contribution in [1.82, 2.24) is 9.80 Å². The summed E-state index contributed by atoms with van der Waals surface area (Å²) in [6, 6.07) is 0. The SMILES string of the molecule is O=C(CCN1C(=O)[C@@H]2[C@H](C1=O)[C@@H]1C=C[C@@H]2C1)N1CCCCC1. The number of allylic oxidation sites excluding steroid dienone is 2. The average molecular weight is 302 g/mol. The van der Waals surface area contributed by atoms with Crippen molar-refractivity contribution in [3.63, 3.8) is 0 Å². The van der Waals surface area contributed by atoms with Crippen molar-refractivity contribution in [3.8, 4) is 0 Å². The fourth-order valence-electron chi connectivity index (χ4n) is 4.69. The molecule has 5 heteroatoms. The average Bonchev–Trinajstić information content (AvgIpc) is 3.21. The van der Waals surface area contributed by atoms with Crippen LogP contribution in [-0.2, 0) is 14.4 Å². The van der Waals surface area contributed by atoms with Gasteiger partial charge in [0.1, 0.15) is 0 Å². The van der Waals surface area contributed by atoms with Gasteiger partial charge in [0.25, 0.3) is 0 Å². The summed E-state index contributed by atoms with van der Waals surface area (Å²) in [5.74, 6) is 0.193. The van der Waals surface area contributed by atoms with Gasteiger partial charge in [-0.05, 0) is 37.5 Å². The number of carbonyl (C=O) groups is 3. The summed E-state index contributed by atoms with van der Waals surface area (Å²) in [6.07, 6.45) is 8.73. The fraction of sp³-hybridized carbons (Fsp3) is 0.706. The number of rotatable bonds is 3. The van der Waals surface area contributed by atoms with Gasteiger partial charge in [-0.3, -0.25) is 19.3 Å². The first-order valence-corrected chi connectivity index (χ1v) is 8.48. The molecule has 0 radical (unpaired) electrons. The monoisotopic (exact) mass is 302 g/mol. The quantitative estimate of drug-likeness (QED) is 0.581. The Morgan fingerprint density at radius 2 is 1.59 bits per heavy atom. The molecule has 2 aliphatic heterocycles. The van der Waals surface area contributed by atoms with Crippen LogP contribution in [-0.4, -0.2) is 47.2 Å². The topological polar surface area (TPSA) is 57.7 Å². The molecule has 22 heavy (non-hydrogen) atoms. The Morgan fingerprint density at radius 1 is 1.00 bits per heavy atom. The summed E-state index contributed by atoms with van der Waals surface area (Å²) in [4.78, 5) is 40.5. The number of imide groups is 1. The predicted octanol–water partition coefficient (Wildman–Crippen LogP) is 1.20. The van der Waals surface area contributed by atoms with Crippen LogP contribution in [0.5, 0.6) is 0 Å². The maximum Gasteiger partial charge on any atom is 0.233 e. The van der Waals surface area contributed by atoms with E-state index in [0.29, 0.717) is 0 Å². The van der Waals surface area contributed by atoms with Crippen LogP contribution in [0.3, 0.4) is 0 Å². The molecular formula is C17H22N2O3. The molecule has 2 bridgehead atoms. The van der Waals surface area contributed by atoms with Gasteiger partial charge in [0.15, 0.2) is 0 Å². The third-order valence-electron chi connectivity index (χ3n) is 5.82. The molecule has 4 atom stereocenters. The molecule has 2 saturated heterocycles. The molecule has 0 N–H and O–H groups in total. The molecule has 3 amide bonds. The predicted molar refractivity (Wildman–Crippen MR) is 79.5 cm³/mol. The number of hydrogen-bond acceptors (Lipinski definition) is 3. The third kappa shape index (κ3) is 2.02. The van der Waals surface area contributed by atoms with Gasteiger partial charge in [-0.1, -0.05) is 12.2 Å². The first-order chi connectivity index (χ1) is 10.7. The van der Waals surface area contributed by atoms with Crippen molar-refractivity contribution in [2.75, 3.05) is 19.6 Å². The fourth-order valence-corrected chi connectivity index (χ4v) is 4.69. The van der Waals surface area contributed by atoms with E-state index in [9.17, 15) is 14.4 Å². The Labute approximate surface area is 130 Å². The lowest BCUT2D eigenvalue weighted by Crippen LogP contribution is -2.40. The summed E-state index contributed by atoms with van der Waals surface area (Å²) in [5.41, 5.74) is 0. The van der Waals surface area contributed by atoms with Crippen LogP contribution in [0, 0.1) is 23.7 Å². The van der Waals surface area contributed by atoms with Gasteiger partial charge in [-0.2, -0.15) is 0 Å². The Hall–Kier alpha value is -1.65. The van der Waals surface area contributed by atoms with Crippen LogP contribution >= 0.6 is 0 Å². The second-order valence-corrected chi connectivity index (χ2v) is 7.02. The Bertz CT molecular complexity index is 520. The number of amides is 3. The van der Waals surface area contributed by atoms with Crippen LogP contribution in [0.4, 0.5) is 0 Å². The Balaban J connectivity index is 1.39. The van der Waals surface area contributed by atoms with Crippen molar-refractivity contribution in [3.05, 3.63) is 12.2 Å². The Morgan fingerprint density at radius 3 is 2.18 bits per heavy atom. The molecule has 4 rings (SSSR count). The standard InChI is InChI=1S/C17H22N2O3/c20-13(18-7-2-1-3-8-18)6-9-19-16(21)14-11-4-5-12(10-11)15(14)17(19)22/h4-5,11-12,14-15H,1-3,6-10H2/t11-,12-,14-,15+/m1/s1. The highest BCUT2D eigenvalue weighted by atomic mass is 16.2. The highest BCUT2D eigenvalue weighted by molar-refractivity contribution is 6.06. The van der Waals surface area contributed by atoms with E-state index in [1.807, 2.05) is 4.90 Å². The molecule has 0 aromatic carbocycles. The van der Waals surface area contributed by atoms with Gasteiger partial charge < -0.3 is 4.90 Å². The number of likely N-dealkylation sites (tertiary alicyclic amines) is 2. The maximum absolute atomic E-state index is 12.5. The molecule has 0 aromatic rings. The van der Waals surface area contributed by atoms with E-state index in [1.165, 1.54) is 11.3 Å². The molecule has 2 heterocycles. The van der Waals surface area contributed by atoms with Crippen LogP contribution < -0.4 is 0 Å². The zero-order valence-corrected chi connectivity index (χ0v) is 12.7. The lowest BCUT2D eigenvalue weighted by atomic mass is 9.85. The van der Waals surface area contributed by atoms with Gasteiger partial charge in [0, 0.05) is 26.1 Å². The summed E-state index contributed by atoms with van der Waals surface area (Å²) in [7, 11) is 0. The molecule has 4 aliphatic rings. The number of carbonyl (C=O) groups excluding carboxylic acids is 3. The minimum Gasteiger partial charge on any atom is -0.343 e. The summed E-state index contributed by atoms with van der Waals surface area (Å²) < 4.78 is 0. The van der Waals surface area contributed by atoms with E-state index >= 15 is 0 Å². The summed E-state index contributed by atoms with van der Waals surface area (Å²) >= 11 is 0. The smallest absolute Gasteiger partial charge is 0.233 e. The first kappa shape index (κ1) is 14.0. The molecule has 3 fully saturated rings. The number of nitrogens with zero attached hydrogens (tertiary/aromatic N) is 2. The van der Waals surface area contributed by atoms with E-state index < -0.39 is 0 Å². The van der Waals surface area contributed by atoms with E-state index in [1.54, 1.807) is 0 Å². The minimum atomic E-state index is -0.146. The number of hydrogen-bond donors (Lipinski definition) is 0. The molecule has 5 nitrogen and oxygen atoms in total. The summed E-state index contributed by atoms with van der Waals surface area (Å²) in [5, 5.41) is 0. The summed E-state index contributed by atoms with van der Waals surface area (Å²) in [6.45, 7) is 1.90. The molecule has 0 unspecified atom stereocenters. The van der Waals surface area contributed by atoms with Crippen LogP contribution in [0.25, 0.3) is 0 Å². The minimum absolute atomic E-state index is 0.0432. The van der Waals surface area contributed by atoms with Crippen molar-refractivity contribution < 1.29 is 14.4 Å². The Kier molecular flexibility index (Phi) is 3.31. The largest absolute Gasteiger partial charge is 0.343 e. The highest BCUT2D eigenvalue weighted by Crippen LogP contribution is 2.52. The van der Waals surface area contributed by atoms with Crippen molar-refractivity contribution in [1.29, 1.82) is 0 Å².